The molecule has 136 valence electrons. The zero-order valence-electron chi connectivity index (χ0n) is 15.0. The van der Waals surface area contributed by atoms with Crippen molar-refractivity contribution in [2.75, 3.05) is 11.9 Å². The third-order valence-electron chi connectivity index (χ3n) is 5.00. The number of anilines is 1. The predicted octanol–water partition coefficient (Wildman–Crippen LogP) is 3.51. The number of benzene rings is 2. The Balaban J connectivity index is 1.69. The summed E-state index contributed by atoms with van der Waals surface area (Å²) in [4.78, 5) is 29.5. The first-order chi connectivity index (χ1) is 13.1. The largest absolute Gasteiger partial charge is 0.459 e. The highest BCUT2D eigenvalue weighted by atomic mass is 16.3. The van der Waals surface area contributed by atoms with Crippen LogP contribution in [0.25, 0.3) is 0 Å². The first-order valence-electron chi connectivity index (χ1n) is 8.89. The fourth-order valence-corrected chi connectivity index (χ4v) is 3.50. The fraction of sp³-hybridized carbons (Fsp3) is 0.182. The van der Waals surface area contributed by atoms with Crippen molar-refractivity contribution < 1.29 is 14.0 Å². The van der Waals surface area contributed by atoms with Crippen molar-refractivity contribution in [1.82, 2.24) is 4.90 Å². The third-order valence-corrected chi connectivity index (χ3v) is 5.00. The lowest BCUT2D eigenvalue weighted by Crippen LogP contribution is -2.53. The van der Waals surface area contributed by atoms with E-state index in [4.69, 9.17) is 4.42 Å². The molecule has 5 nitrogen and oxygen atoms in total. The summed E-state index contributed by atoms with van der Waals surface area (Å²) in [7, 11) is 1.74. The summed E-state index contributed by atoms with van der Waals surface area (Å²) in [6.45, 7) is 0.384. The Labute approximate surface area is 157 Å². The zero-order chi connectivity index (χ0) is 18.8. The van der Waals surface area contributed by atoms with Crippen LogP contribution in [0, 0.1) is 0 Å². The summed E-state index contributed by atoms with van der Waals surface area (Å²) in [6.07, 6.45) is 1.96. The second-order valence-corrected chi connectivity index (χ2v) is 6.63. The maximum Gasteiger partial charge on any atom is 0.290 e. The Morgan fingerprint density at radius 1 is 0.963 bits per heavy atom. The quantitative estimate of drug-likeness (QED) is 0.718. The number of rotatable bonds is 3. The van der Waals surface area contributed by atoms with Crippen LogP contribution in [0.4, 0.5) is 5.69 Å². The minimum atomic E-state index is -0.581. The first-order valence-corrected chi connectivity index (χ1v) is 8.89. The Morgan fingerprint density at radius 2 is 1.67 bits per heavy atom. The van der Waals surface area contributed by atoms with E-state index in [9.17, 15) is 9.59 Å². The van der Waals surface area contributed by atoms with Gasteiger partial charge in [-0.1, -0.05) is 42.5 Å². The van der Waals surface area contributed by atoms with Crippen molar-refractivity contribution >= 4 is 17.5 Å². The highest BCUT2D eigenvalue weighted by Gasteiger charge is 2.37. The molecule has 4 rings (SSSR count). The fourth-order valence-electron chi connectivity index (χ4n) is 3.50. The first kappa shape index (κ1) is 17.1. The molecule has 3 aromatic rings. The van der Waals surface area contributed by atoms with Gasteiger partial charge in [0.2, 0.25) is 5.91 Å². The van der Waals surface area contributed by atoms with E-state index in [0.717, 1.165) is 16.8 Å². The molecule has 2 aromatic carbocycles. The Bertz CT molecular complexity index is 951. The molecule has 0 saturated carbocycles. The number of hydrogen-bond donors (Lipinski definition) is 0. The van der Waals surface area contributed by atoms with Crippen LogP contribution in [0.3, 0.4) is 0 Å². The van der Waals surface area contributed by atoms with E-state index in [1.807, 2.05) is 54.6 Å². The smallest absolute Gasteiger partial charge is 0.290 e. The van der Waals surface area contributed by atoms with Gasteiger partial charge in [-0.15, -0.1) is 0 Å². The topological polar surface area (TPSA) is 53.8 Å². The molecule has 27 heavy (non-hydrogen) atoms. The minimum Gasteiger partial charge on any atom is -0.459 e. The SMILES string of the molecule is CN(C(=O)C1Cc2ccccc2CN1C(=O)c1ccco1)c1ccccc1. The van der Waals surface area contributed by atoms with Gasteiger partial charge >= 0.3 is 0 Å². The van der Waals surface area contributed by atoms with Crippen LogP contribution in [0.15, 0.2) is 77.4 Å². The van der Waals surface area contributed by atoms with Gasteiger partial charge in [0.25, 0.3) is 5.91 Å². The van der Waals surface area contributed by atoms with Crippen molar-refractivity contribution in [1.29, 1.82) is 0 Å². The second kappa shape index (κ2) is 7.11. The minimum absolute atomic E-state index is 0.115. The van der Waals surface area contributed by atoms with Crippen molar-refractivity contribution in [2.24, 2.45) is 0 Å². The summed E-state index contributed by atoms with van der Waals surface area (Å²) in [6, 6.07) is 20.1. The number of carbonyl (C=O) groups excluding carboxylic acids is 2. The Hall–Kier alpha value is -3.34. The number of fused-ring (bicyclic) bond motifs is 1. The van der Waals surface area contributed by atoms with E-state index < -0.39 is 6.04 Å². The van der Waals surface area contributed by atoms with Gasteiger partial charge in [-0.3, -0.25) is 9.59 Å². The summed E-state index contributed by atoms with van der Waals surface area (Å²) in [5, 5.41) is 0. The lowest BCUT2D eigenvalue weighted by atomic mass is 9.93. The van der Waals surface area contributed by atoms with Gasteiger partial charge in [0.15, 0.2) is 5.76 Å². The molecule has 1 aromatic heterocycles. The second-order valence-electron chi connectivity index (χ2n) is 6.63. The molecule has 0 spiro atoms. The highest BCUT2D eigenvalue weighted by molar-refractivity contribution is 6.01. The normalized spacial score (nSPS) is 15.9. The van der Waals surface area contributed by atoms with Crippen LogP contribution in [-0.2, 0) is 17.8 Å². The van der Waals surface area contributed by atoms with E-state index >= 15 is 0 Å². The van der Waals surface area contributed by atoms with Crippen LogP contribution in [0.1, 0.15) is 21.7 Å². The van der Waals surface area contributed by atoms with Crippen LogP contribution in [0.5, 0.6) is 0 Å². The lowest BCUT2D eigenvalue weighted by molar-refractivity contribution is -0.123. The molecular formula is C22H20N2O3. The standard InChI is InChI=1S/C22H20N2O3/c1-23(18-10-3-2-4-11-18)21(25)19-14-16-8-5-6-9-17(16)15-24(19)22(26)20-12-7-13-27-20/h2-13,19H,14-15H2,1H3. The Kier molecular flexibility index (Phi) is 4.50. The molecule has 1 unspecified atom stereocenters. The van der Waals surface area contributed by atoms with E-state index in [-0.39, 0.29) is 17.6 Å². The average molecular weight is 360 g/mol. The van der Waals surface area contributed by atoms with Crippen LogP contribution in [0.2, 0.25) is 0 Å². The number of hydrogen-bond acceptors (Lipinski definition) is 3. The molecule has 0 saturated heterocycles. The number of furan rings is 1. The zero-order valence-corrected chi connectivity index (χ0v) is 15.0. The number of amides is 2. The Morgan fingerprint density at radius 3 is 2.37 bits per heavy atom. The van der Waals surface area contributed by atoms with E-state index in [1.54, 1.807) is 29.0 Å². The molecule has 0 N–H and O–H groups in total. The molecule has 1 aliphatic rings. The molecule has 0 aliphatic carbocycles. The number of nitrogens with zero attached hydrogens (tertiary/aromatic N) is 2. The predicted molar refractivity (Wildman–Crippen MR) is 102 cm³/mol. The van der Waals surface area contributed by atoms with Crippen LogP contribution in [-0.4, -0.2) is 29.8 Å². The van der Waals surface area contributed by atoms with Gasteiger partial charge in [-0.25, -0.2) is 0 Å². The van der Waals surface area contributed by atoms with Crippen LogP contribution >= 0.6 is 0 Å². The van der Waals surface area contributed by atoms with Gasteiger partial charge in [0.05, 0.1) is 6.26 Å². The molecule has 2 amide bonds. The van der Waals surface area contributed by atoms with Gasteiger partial charge in [-0.05, 0) is 35.4 Å². The lowest BCUT2D eigenvalue weighted by Gasteiger charge is -2.37. The van der Waals surface area contributed by atoms with E-state index in [1.165, 1.54) is 6.26 Å². The van der Waals surface area contributed by atoms with Crippen molar-refractivity contribution in [3.63, 3.8) is 0 Å². The monoisotopic (exact) mass is 360 g/mol. The maximum absolute atomic E-state index is 13.3. The van der Waals surface area contributed by atoms with Crippen molar-refractivity contribution in [3.05, 3.63) is 89.9 Å². The molecule has 1 aliphatic heterocycles. The number of likely N-dealkylation sites (N-methyl/N-ethyl adjacent to an activating group) is 1. The van der Waals surface area contributed by atoms with Gasteiger partial charge in [-0.2, -0.15) is 0 Å². The summed E-state index contributed by atoms with van der Waals surface area (Å²) in [5.41, 5.74) is 2.95. The van der Waals surface area contributed by atoms with Gasteiger partial charge in [0, 0.05) is 25.7 Å². The summed E-state index contributed by atoms with van der Waals surface area (Å²) in [5.74, 6) is -0.139. The average Bonchev–Trinajstić information content (AvgIpc) is 3.26. The molecular weight excluding hydrogens is 340 g/mol. The molecule has 1 atom stereocenters. The molecule has 2 heterocycles. The third kappa shape index (κ3) is 3.24. The van der Waals surface area contributed by atoms with E-state index in [0.29, 0.717) is 13.0 Å². The van der Waals surface area contributed by atoms with E-state index in [2.05, 4.69) is 0 Å². The number of para-hydroxylation sites is 1. The molecule has 0 radical (unpaired) electrons. The molecule has 5 heteroatoms. The highest BCUT2D eigenvalue weighted by Crippen LogP contribution is 2.27. The summed E-state index contributed by atoms with van der Waals surface area (Å²) < 4.78 is 5.29. The van der Waals surface area contributed by atoms with Crippen LogP contribution < -0.4 is 4.90 Å². The number of carbonyl (C=O) groups is 2. The van der Waals surface area contributed by atoms with Crippen molar-refractivity contribution in [3.8, 4) is 0 Å². The molecule has 0 fully saturated rings. The maximum atomic E-state index is 13.3. The molecule has 0 bridgehead atoms. The van der Waals surface area contributed by atoms with Gasteiger partial charge < -0.3 is 14.2 Å². The van der Waals surface area contributed by atoms with Crippen molar-refractivity contribution in [2.45, 2.75) is 19.0 Å². The van der Waals surface area contributed by atoms with Gasteiger partial charge in [0.1, 0.15) is 6.04 Å². The summed E-state index contributed by atoms with van der Waals surface area (Å²) >= 11 is 0.